The molecule has 0 spiro atoms. The van der Waals surface area contributed by atoms with Crippen molar-refractivity contribution in [3.05, 3.63) is 94.8 Å². The van der Waals surface area contributed by atoms with Crippen LogP contribution in [-0.4, -0.2) is 31.7 Å². The van der Waals surface area contributed by atoms with Crippen molar-refractivity contribution >= 4 is 33.2 Å². The molecule has 1 amide bonds. The van der Waals surface area contributed by atoms with E-state index in [0.29, 0.717) is 18.8 Å². The summed E-state index contributed by atoms with van der Waals surface area (Å²) in [5, 5.41) is 2.52. The molecule has 0 aliphatic carbocycles. The van der Waals surface area contributed by atoms with Gasteiger partial charge in [0.25, 0.3) is 5.91 Å². The number of anilines is 1. The third-order valence-electron chi connectivity index (χ3n) is 6.87. The normalized spacial score (nSPS) is 16.1. The van der Waals surface area contributed by atoms with Gasteiger partial charge >= 0.3 is 0 Å². The van der Waals surface area contributed by atoms with E-state index in [0.717, 1.165) is 31.7 Å². The molecule has 8 heteroatoms. The molecule has 1 fully saturated rings. The molecule has 0 radical (unpaired) electrons. The van der Waals surface area contributed by atoms with Crippen LogP contribution in [0.3, 0.4) is 0 Å². The largest absolute Gasteiger partial charge is 0.322 e. The Bertz CT molecular complexity index is 1310. The van der Waals surface area contributed by atoms with E-state index in [4.69, 9.17) is 11.6 Å². The van der Waals surface area contributed by atoms with E-state index in [1.54, 1.807) is 6.07 Å². The smallest absolute Gasteiger partial charge is 0.255 e. The maximum atomic E-state index is 13.4. The van der Waals surface area contributed by atoms with Crippen molar-refractivity contribution in [1.82, 2.24) is 4.31 Å². The Kier molecular flexibility index (Phi) is 7.59. The van der Waals surface area contributed by atoms with Crippen LogP contribution in [0.1, 0.15) is 42.1 Å². The zero-order valence-corrected chi connectivity index (χ0v) is 21.1. The number of carbonyl (C=O) groups excluding carboxylic acids is 1. The number of amides is 1. The molecule has 0 saturated carbocycles. The molecule has 1 saturated heterocycles. The summed E-state index contributed by atoms with van der Waals surface area (Å²) in [4.78, 5) is 12.8. The quantitative estimate of drug-likeness (QED) is 0.411. The van der Waals surface area contributed by atoms with Crippen molar-refractivity contribution in [3.63, 3.8) is 0 Å². The number of carbonyl (C=O) groups is 1. The molecule has 35 heavy (non-hydrogen) atoms. The fourth-order valence-corrected chi connectivity index (χ4v) is 6.28. The Hall–Kier alpha value is -2.74. The summed E-state index contributed by atoms with van der Waals surface area (Å²) in [5.74, 6) is -1.09. The van der Waals surface area contributed by atoms with Gasteiger partial charge in [-0.1, -0.05) is 61.3 Å². The lowest BCUT2D eigenvalue weighted by atomic mass is 9.72. The highest BCUT2D eigenvalue weighted by molar-refractivity contribution is 7.89. The van der Waals surface area contributed by atoms with Crippen molar-refractivity contribution in [2.24, 2.45) is 5.41 Å². The number of hydrogen-bond donors (Lipinski definition) is 1. The van der Waals surface area contributed by atoms with Crippen LogP contribution in [-0.2, 0) is 16.4 Å². The first-order chi connectivity index (χ1) is 16.7. The molecule has 0 aromatic heterocycles. The lowest BCUT2D eigenvalue weighted by Crippen LogP contribution is -2.43. The summed E-state index contributed by atoms with van der Waals surface area (Å²) < 4.78 is 41.7. The second-order valence-electron chi connectivity index (χ2n) is 9.03. The number of nitrogens with one attached hydrogen (secondary N) is 1. The van der Waals surface area contributed by atoms with E-state index in [1.807, 2.05) is 18.2 Å². The number of nitrogens with zero attached hydrogens (tertiary/aromatic N) is 1. The van der Waals surface area contributed by atoms with Gasteiger partial charge in [-0.3, -0.25) is 4.79 Å². The van der Waals surface area contributed by atoms with Gasteiger partial charge in [0.15, 0.2) is 0 Å². The summed E-state index contributed by atoms with van der Waals surface area (Å²) >= 11 is 5.78. The molecule has 4 rings (SSSR count). The minimum atomic E-state index is -3.75. The Morgan fingerprint density at radius 1 is 1.03 bits per heavy atom. The molecule has 5 nitrogen and oxygen atoms in total. The molecule has 0 bridgehead atoms. The van der Waals surface area contributed by atoms with Gasteiger partial charge in [0.1, 0.15) is 5.82 Å². The Balaban J connectivity index is 1.47. The van der Waals surface area contributed by atoms with Crippen molar-refractivity contribution < 1.29 is 17.6 Å². The third-order valence-corrected chi connectivity index (χ3v) is 9.05. The lowest BCUT2D eigenvalue weighted by molar-refractivity contribution is 0.102. The second kappa shape index (κ2) is 10.5. The van der Waals surface area contributed by atoms with Gasteiger partial charge in [0, 0.05) is 24.3 Å². The third kappa shape index (κ3) is 5.74. The van der Waals surface area contributed by atoms with E-state index >= 15 is 0 Å². The number of piperidine rings is 1. The Morgan fingerprint density at radius 2 is 1.74 bits per heavy atom. The standard InChI is InChI=1S/C27H28ClFN2O3S/c1-2-27(19-20-7-4-3-5-8-20)13-15-31(16-14-27)35(33,34)23-10-6-9-21(17-23)26(32)30-22-11-12-25(29)24(28)18-22/h3-12,17-18H,2,13-16,19H2,1H3,(H,30,32). The SMILES string of the molecule is CCC1(Cc2ccccc2)CCN(S(=O)(=O)c2cccc(C(=O)Nc3ccc(F)c(Cl)c3)c2)CC1. The highest BCUT2D eigenvalue weighted by Crippen LogP contribution is 2.39. The fourth-order valence-electron chi connectivity index (χ4n) is 4.61. The number of hydrogen-bond acceptors (Lipinski definition) is 3. The van der Waals surface area contributed by atoms with E-state index in [2.05, 4.69) is 24.4 Å². The lowest BCUT2D eigenvalue weighted by Gasteiger charge is -2.41. The van der Waals surface area contributed by atoms with Crippen LogP contribution in [0, 0.1) is 11.2 Å². The van der Waals surface area contributed by atoms with Gasteiger partial charge in [-0.05, 0) is 66.6 Å². The van der Waals surface area contributed by atoms with Crippen LogP contribution in [0.15, 0.2) is 77.7 Å². The highest BCUT2D eigenvalue weighted by atomic mass is 35.5. The molecule has 184 valence electrons. The summed E-state index contributed by atoms with van der Waals surface area (Å²) in [7, 11) is -3.75. The molecular formula is C27H28ClFN2O3S. The average Bonchev–Trinajstić information content (AvgIpc) is 2.87. The zero-order chi connectivity index (χ0) is 25.1. The summed E-state index contributed by atoms with van der Waals surface area (Å²) in [5.41, 5.74) is 1.85. The van der Waals surface area contributed by atoms with Crippen molar-refractivity contribution in [1.29, 1.82) is 0 Å². The van der Waals surface area contributed by atoms with Crippen molar-refractivity contribution in [2.45, 2.75) is 37.5 Å². The Labute approximate surface area is 211 Å². The minimum Gasteiger partial charge on any atom is -0.322 e. The molecular weight excluding hydrogens is 487 g/mol. The molecule has 1 N–H and O–H groups in total. The van der Waals surface area contributed by atoms with E-state index in [1.165, 1.54) is 40.2 Å². The molecule has 0 unspecified atom stereocenters. The summed E-state index contributed by atoms with van der Waals surface area (Å²) in [6.07, 6.45) is 3.48. The number of benzene rings is 3. The molecule has 3 aromatic rings. The minimum absolute atomic E-state index is 0.0749. The van der Waals surface area contributed by atoms with Gasteiger partial charge in [-0.2, -0.15) is 4.31 Å². The summed E-state index contributed by atoms with van der Waals surface area (Å²) in [6, 6.07) is 20.1. The van der Waals surface area contributed by atoms with Crippen LogP contribution < -0.4 is 5.32 Å². The first-order valence-corrected chi connectivity index (χ1v) is 13.4. The number of halogens is 2. The molecule has 1 aliphatic rings. The predicted molar refractivity (Wildman–Crippen MR) is 137 cm³/mol. The van der Waals surface area contributed by atoms with Gasteiger partial charge in [0.05, 0.1) is 9.92 Å². The average molecular weight is 515 g/mol. The highest BCUT2D eigenvalue weighted by Gasteiger charge is 2.37. The van der Waals surface area contributed by atoms with Crippen molar-refractivity contribution in [2.75, 3.05) is 18.4 Å². The van der Waals surface area contributed by atoms with E-state index in [-0.39, 0.29) is 20.9 Å². The Morgan fingerprint density at radius 3 is 2.40 bits per heavy atom. The summed E-state index contributed by atoms with van der Waals surface area (Å²) in [6.45, 7) is 3.05. The van der Waals surface area contributed by atoms with Crippen LogP contribution in [0.5, 0.6) is 0 Å². The molecule has 3 aromatic carbocycles. The fraction of sp³-hybridized carbons (Fsp3) is 0.296. The topological polar surface area (TPSA) is 66.5 Å². The van der Waals surface area contributed by atoms with Crippen molar-refractivity contribution in [3.8, 4) is 0 Å². The first kappa shape index (κ1) is 25.4. The van der Waals surface area contributed by atoms with Gasteiger partial charge in [0.2, 0.25) is 10.0 Å². The molecule has 0 atom stereocenters. The van der Waals surface area contributed by atoms with E-state index < -0.39 is 21.7 Å². The monoisotopic (exact) mass is 514 g/mol. The van der Waals surface area contributed by atoms with Crippen LogP contribution in [0.2, 0.25) is 5.02 Å². The predicted octanol–water partition coefficient (Wildman–Crippen LogP) is 6.16. The zero-order valence-electron chi connectivity index (χ0n) is 19.5. The number of sulfonamides is 1. The van der Waals surface area contributed by atoms with E-state index in [9.17, 15) is 17.6 Å². The van der Waals surface area contributed by atoms with Crippen LogP contribution in [0.4, 0.5) is 10.1 Å². The van der Waals surface area contributed by atoms with Crippen LogP contribution >= 0.6 is 11.6 Å². The van der Waals surface area contributed by atoms with Gasteiger partial charge < -0.3 is 5.32 Å². The van der Waals surface area contributed by atoms with Gasteiger partial charge in [-0.15, -0.1) is 0 Å². The second-order valence-corrected chi connectivity index (χ2v) is 11.4. The maximum Gasteiger partial charge on any atom is 0.255 e. The first-order valence-electron chi connectivity index (χ1n) is 11.6. The molecule has 1 heterocycles. The van der Waals surface area contributed by atoms with Crippen LogP contribution in [0.25, 0.3) is 0 Å². The van der Waals surface area contributed by atoms with Gasteiger partial charge in [-0.25, -0.2) is 12.8 Å². The molecule has 1 aliphatic heterocycles. The number of rotatable bonds is 7. The maximum absolute atomic E-state index is 13.4.